The van der Waals surface area contributed by atoms with Crippen molar-refractivity contribution in [2.75, 3.05) is 30.1 Å². The van der Waals surface area contributed by atoms with Crippen molar-refractivity contribution >= 4 is 21.8 Å². The number of hydrogen-bond donors (Lipinski definition) is 3. The first-order valence-electron chi connectivity index (χ1n) is 5.75. The molecule has 0 atom stereocenters. The van der Waals surface area contributed by atoms with Gasteiger partial charge in [0.15, 0.2) is 0 Å². The van der Waals surface area contributed by atoms with E-state index in [1.807, 2.05) is 17.9 Å². The Kier molecular flexibility index (Phi) is 5.55. The molecule has 0 aliphatic carbocycles. The van der Waals surface area contributed by atoms with Crippen LogP contribution in [0.5, 0.6) is 0 Å². The summed E-state index contributed by atoms with van der Waals surface area (Å²) in [6.07, 6.45) is 0. The molecule has 108 valence electrons. The lowest BCUT2D eigenvalue weighted by atomic mass is 10.1. The van der Waals surface area contributed by atoms with E-state index < -0.39 is 10.4 Å². The molecular weight excluding hydrogens is 272 g/mol. The molecule has 0 aromatic heterocycles. The molecule has 0 aliphatic heterocycles. The van der Waals surface area contributed by atoms with Crippen molar-refractivity contribution in [1.29, 1.82) is 0 Å². The van der Waals surface area contributed by atoms with E-state index in [-0.39, 0.29) is 6.61 Å². The van der Waals surface area contributed by atoms with E-state index in [9.17, 15) is 8.42 Å². The summed E-state index contributed by atoms with van der Waals surface area (Å²) in [7, 11) is -4.53. The number of anilines is 2. The molecule has 0 bridgehead atoms. The maximum Gasteiger partial charge on any atom is 0.418 e. The topological polar surface area (TPSA) is 99.1 Å². The molecule has 3 N–H and O–H groups in total. The molecular formula is C11H18N2O5S. The number of aryl methyl sites for hydroxylation is 1. The zero-order chi connectivity index (χ0) is 14.5. The standard InChI is InChI=1S/C11H18N2O5S/c1-3-13(6-7-14)10-4-5-11(9(2)8-10)12-18-19(15,16)17/h4-5,8,12,14H,3,6-7H2,1-2H3,(H,15,16,17). The first kappa shape index (κ1) is 15.7. The van der Waals surface area contributed by atoms with Crippen LogP contribution in [0, 0.1) is 6.92 Å². The summed E-state index contributed by atoms with van der Waals surface area (Å²) in [4.78, 5) is 1.97. The van der Waals surface area contributed by atoms with Gasteiger partial charge in [0, 0.05) is 18.8 Å². The zero-order valence-corrected chi connectivity index (χ0v) is 11.6. The van der Waals surface area contributed by atoms with Crippen molar-refractivity contribution in [3.63, 3.8) is 0 Å². The van der Waals surface area contributed by atoms with Gasteiger partial charge >= 0.3 is 10.4 Å². The van der Waals surface area contributed by atoms with Crippen LogP contribution in [0.3, 0.4) is 0 Å². The molecule has 0 fully saturated rings. The fourth-order valence-electron chi connectivity index (χ4n) is 1.65. The van der Waals surface area contributed by atoms with Crippen LogP contribution in [-0.4, -0.2) is 37.8 Å². The minimum absolute atomic E-state index is 0.0543. The van der Waals surface area contributed by atoms with E-state index in [2.05, 4.69) is 9.76 Å². The number of aliphatic hydroxyl groups excluding tert-OH is 1. The highest BCUT2D eigenvalue weighted by Crippen LogP contribution is 2.22. The molecule has 1 aromatic carbocycles. The van der Waals surface area contributed by atoms with Crippen LogP contribution in [0.2, 0.25) is 0 Å². The molecule has 0 spiro atoms. The van der Waals surface area contributed by atoms with Gasteiger partial charge in [0.05, 0.1) is 12.3 Å². The second-order valence-electron chi connectivity index (χ2n) is 3.92. The Balaban J connectivity index is 2.84. The lowest BCUT2D eigenvalue weighted by Gasteiger charge is -2.23. The van der Waals surface area contributed by atoms with E-state index >= 15 is 0 Å². The minimum atomic E-state index is -4.53. The van der Waals surface area contributed by atoms with Crippen LogP contribution in [0.25, 0.3) is 0 Å². The Bertz CT molecular complexity index is 518. The smallest absolute Gasteiger partial charge is 0.395 e. The quantitative estimate of drug-likeness (QED) is 0.508. The summed E-state index contributed by atoms with van der Waals surface area (Å²) in [6, 6.07) is 5.23. The third-order valence-corrected chi connectivity index (χ3v) is 2.88. The Morgan fingerprint density at radius 2 is 2.11 bits per heavy atom. The maximum atomic E-state index is 10.5. The highest BCUT2D eigenvalue weighted by atomic mass is 32.3. The predicted molar refractivity (Wildman–Crippen MR) is 72.4 cm³/mol. The van der Waals surface area contributed by atoms with Crippen LogP contribution >= 0.6 is 0 Å². The van der Waals surface area contributed by atoms with Crippen molar-refractivity contribution in [1.82, 2.24) is 0 Å². The van der Waals surface area contributed by atoms with Gasteiger partial charge in [0.1, 0.15) is 0 Å². The third kappa shape index (κ3) is 5.03. The van der Waals surface area contributed by atoms with Crippen LogP contribution in [0.1, 0.15) is 12.5 Å². The van der Waals surface area contributed by atoms with Crippen molar-refractivity contribution < 1.29 is 22.4 Å². The van der Waals surface area contributed by atoms with Crippen LogP contribution < -0.4 is 10.4 Å². The fourth-order valence-corrected chi connectivity index (χ4v) is 1.84. The highest BCUT2D eigenvalue weighted by Gasteiger charge is 2.09. The van der Waals surface area contributed by atoms with E-state index in [4.69, 9.17) is 9.66 Å². The Morgan fingerprint density at radius 1 is 1.42 bits per heavy atom. The third-order valence-electron chi connectivity index (χ3n) is 2.58. The Hall–Kier alpha value is -1.35. The minimum Gasteiger partial charge on any atom is -0.395 e. The van der Waals surface area contributed by atoms with Crippen LogP contribution in [0.4, 0.5) is 11.4 Å². The average Bonchev–Trinajstić information content (AvgIpc) is 2.33. The second kappa shape index (κ2) is 6.71. The van der Waals surface area contributed by atoms with Crippen LogP contribution in [-0.2, 0) is 14.7 Å². The van der Waals surface area contributed by atoms with E-state index in [1.165, 1.54) is 0 Å². The van der Waals surface area contributed by atoms with E-state index in [0.717, 1.165) is 17.8 Å². The van der Waals surface area contributed by atoms with Gasteiger partial charge < -0.3 is 10.0 Å². The molecule has 0 radical (unpaired) electrons. The molecule has 0 heterocycles. The van der Waals surface area contributed by atoms with Gasteiger partial charge in [-0.05, 0) is 37.6 Å². The van der Waals surface area contributed by atoms with Gasteiger partial charge in [-0.2, -0.15) is 8.42 Å². The number of rotatable bonds is 7. The molecule has 1 aromatic rings. The molecule has 7 nitrogen and oxygen atoms in total. The summed E-state index contributed by atoms with van der Waals surface area (Å²) >= 11 is 0. The second-order valence-corrected chi connectivity index (χ2v) is 4.94. The van der Waals surface area contributed by atoms with Crippen molar-refractivity contribution in [3.05, 3.63) is 23.8 Å². The number of hydrogen-bond acceptors (Lipinski definition) is 6. The number of aliphatic hydroxyl groups is 1. The average molecular weight is 290 g/mol. The molecule has 0 aliphatic rings. The van der Waals surface area contributed by atoms with E-state index in [1.54, 1.807) is 19.1 Å². The normalized spacial score (nSPS) is 11.4. The van der Waals surface area contributed by atoms with Gasteiger partial charge in [-0.3, -0.25) is 4.55 Å². The summed E-state index contributed by atoms with van der Waals surface area (Å²) < 4.78 is 33.5. The summed E-state index contributed by atoms with van der Waals surface area (Å²) in [5, 5.41) is 8.96. The predicted octanol–water partition coefficient (Wildman–Crippen LogP) is 0.960. The van der Waals surface area contributed by atoms with Gasteiger partial charge in [-0.25, -0.2) is 5.48 Å². The molecule has 0 unspecified atom stereocenters. The lowest BCUT2D eigenvalue weighted by Crippen LogP contribution is -2.26. The monoisotopic (exact) mass is 290 g/mol. The van der Waals surface area contributed by atoms with Crippen molar-refractivity contribution in [2.24, 2.45) is 0 Å². The molecule has 0 saturated heterocycles. The van der Waals surface area contributed by atoms with Gasteiger partial charge in [-0.1, -0.05) is 0 Å². The lowest BCUT2D eigenvalue weighted by molar-refractivity contribution is 0.302. The maximum absolute atomic E-state index is 10.5. The molecule has 1 rings (SSSR count). The molecule has 0 amide bonds. The van der Waals surface area contributed by atoms with E-state index in [0.29, 0.717) is 12.2 Å². The first-order chi connectivity index (χ1) is 8.87. The zero-order valence-electron chi connectivity index (χ0n) is 10.8. The van der Waals surface area contributed by atoms with Crippen LogP contribution in [0.15, 0.2) is 18.2 Å². The summed E-state index contributed by atoms with van der Waals surface area (Å²) in [5.41, 5.74) is 4.25. The first-order valence-corrected chi connectivity index (χ1v) is 7.12. The van der Waals surface area contributed by atoms with Gasteiger partial charge in [0.25, 0.3) is 0 Å². The Morgan fingerprint density at radius 3 is 2.58 bits per heavy atom. The van der Waals surface area contributed by atoms with Gasteiger partial charge in [0.2, 0.25) is 0 Å². The number of nitrogens with one attached hydrogen (secondary N) is 1. The summed E-state index contributed by atoms with van der Waals surface area (Å²) in [6.45, 7) is 5.06. The number of likely N-dealkylation sites (N-methyl/N-ethyl adjacent to an activating group) is 1. The molecule has 0 saturated carbocycles. The molecule has 19 heavy (non-hydrogen) atoms. The van der Waals surface area contributed by atoms with Crippen molar-refractivity contribution in [3.8, 4) is 0 Å². The fraction of sp³-hybridized carbons (Fsp3) is 0.455. The largest absolute Gasteiger partial charge is 0.418 e. The van der Waals surface area contributed by atoms with Gasteiger partial charge in [-0.15, -0.1) is 4.28 Å². The summed E-state index contributed by atoms with van der Waals surface area (Å²) in [5.74, 6) is 0. The number of nitrogens with zero attached hydrogens (tertiary/aromatic N) is 1. The van der Waals surface area contributed by atoms with Crippen molar-refractivity contribution in [2.45, 2.75) is 13.8 Å². The molecule has 8 heteroatoms. The Labute approximate surface area is 112 Å². The SMILES string of the molecule is CCN(CCO)c1ccc(NOS(=O)(=O)O)c(C)c1. The number of benzene rings is 1. The highest BCUT2D eigenvalue weighted by molar-refractivity contribution is 7.80.